The average Bonchev–Trinajstić information content (AvgIpc) is 2.72. The van der Waals surface area contributed by atoms with Gasteiger partial charge in [0.25, 0.3) is 0 Å². The number of ketones is 1. The van der Waals surface area contributed by atoms with Crippen molar-refractivity contribution in [2.45, 2.75) is 13.2 Å². The van der Waals surface area contributed by atoms with Gasteiger partial charge in [0.15, 0.2) is 11.5 Å². The predicted octanol–water partition coefficient (Wildman–Crippen LogP) is 4.68. The van der Waals surface area contributed by atoms with Gasteiger partial charge in [-0.2, -0.15) is 0 Å². The molecule has 26 heavy (non-hydrogen) atoms. The fourth-order valence-electron chi connectivity index (χ4n) is 2.45. The Morgan fingerprint density at radius 3 is 1.85 bits per heavy atom. The lowest BCUT2D eigenvalue weighted by molar-refractivity contribution is 0.106. The molecule has 0 fully saturated rings. The summed E-state index contributed by atoms with van der Waals surface area (Å²) < 4.78 is 11.8. The minimum Gasteiger partial charge on any atom is -0.485 e. The molecule has 0 bridgehead atoms. The molecule has 3 rings (SSSR count). The van der Waals surface area contributed by atoms with E-state index in [1.165, 1.54) is 0 Å². The van der Waals surface area contributed by atoms with Crippen LogP contribution >= 0.6 is 0 Å². The monoisotopic (exact) mass is 345 g/mol. The number of carbonyl (C=O) groups excluding carboxylic acids is 1. The van der Waals surface area contributed by atoms with Gasteiger partial charge in [-0.3, -0.25) is 4.79 Å². The molecule has 0 aliphatic heterocycles. The first-order valence-corrected chi connectivity index (χ1v) is 8.28. The highest BCUT2D eigenvalue weighted by Crippen LogP contribution is 2.30. The maximum absolute atomic E-state index is 11.8. The van der Waals surface area contributed by atoms with Crippen LogP contribution in [0.2, 0.25) is 0 Å². The van der Waals surface area contributed by atoms with Crippen molar-refractivity contribution in [1.82, 2.24) is 0 Å². The SMILES string of the molecule is N=CC(=O)c1ccc(OCc2ccccc2)c(OCc2ccccc2)c1. The fourth-order valence-corrected chi connectivity index (χ4v) is 2.45. The fraction of sp³-hybridized carbons (Fsp3) is 0.0909. The topological polar surface area (TPSA) is 59.4 Å². The molecular weight excluding hydrogens is 326 g/mol. The van der Waals surface area contributed by atoms with Crippen molar-refractivity contribution in [1.29, 1.82) is 5.41 Å². The Hall–Kier alpha value is -3.40. The Balaban J connectivity index is 1.79. The van der Waals surface area contributed by atoms with E-state index in [0.717, 1.165) is 17.3 Å². The number of ether oxygens (including phenoxy) is 2. The average molecular weight is 345 g/mol. The molecular formula is C22H19NO3. The van der Waals surface area contributed by atoms with Crippen molar-refractivity contribution in [2.75, 3.05) is 0 Å². The van der Waals surface area contributed by atoms with Crippen LogP contribution in [0.25, 0.3) is 0 Å². The van der Waals surface area contributed by atoms with Gasteiger partial charge in [0.05, 0.1) is 6.21 Å². The summed E-state index contributed by atoms with van der Waals surface area (Å²) in [4.78, 5) is 11.8. The molecule has 0 saturated heterocycles. The Morgan fingerprint density at radius 2 is 1.31 bits per heavy atom. The van der Waals surface area contributed by atoms with Crippen molar-refractivity contribution < 1.29 is 14.3 Å². The summed E-state index contributed by atoms with van der Waals surface area (Å²) in [6.45, 7) is 0.769. The quantitative estimate of drug-likeness (QED) is 0.476. The Kier molecular flexibility index (Phi) is 5.78. The number of hydrogen-bond donors (Lipinski definition) is 1. The van der Waals surface area contributed by atoms with Gasteiger partial charge >= 0.3 is 0 Å². The molecule has 0 spiro atoms. The van der Waals surface area contributed by atoms with E-state index in [-0.39, 0.29) is 5.78 Å². The van der Waals surface area contributed by atoms with Gasteiger partial charge < -0.3 is 14.9 Å². The smallest absolute Gasteiger partial charge is 0.203 e. The van der Waals surface area contributed by atoms with E-state index in [1.54, 1.807) is 18.2 Å². The van der Waals surface area contributed by atoms with Crippen LogP contribution in [-0.4, -0.2) is 12.0 Å². The number of carbonyl (C=O) groups is 1. The van der Waals surface area contributed by atoms with Gasteiger partial charge in [-0.25, -0.2) is 0 Å². The molecule has 0 aliphatic rings. The number of hydrogen-bond acceptors (Lipinski definition) is 4. The van der Waals surface area contributed by atoms with E-state index in [2.05, 4.69) is 0 Å². The molecule has 4 heteroatoms. The number of benzene rings is 3. The second-order valence-electron chi connectivity index (χ2n) is 5.72. The summed E-state index contributed by atoms with van der Waals surface area (Å²) in [5, 5.41) is 7.15. The molecule has 0 heterocycles. The molecule has 3 aromatic rings. The number of Topliss-reactive ketones (excluding diaryl/α,β-unsaturated/α-hetero) is 1. The van der Waals surface area contributed by atoms with Crippen LogP contribution in [0.3, 0.4) is 0 Å². The molecule has 0 radical (unpaired) electrons. The zero-order chi connectivity index (χ0) is 18.2. The molecule has 0 atom stereocenters. The molecule has 3 aromatic carbocycles. The molecule has 0 saturated carbocycles. The number of nitrogens with one attached hydrogen (secondary N) is 1. The van der Waals surface area contributed by atoms with Crippen molar-refractivity contribution in [2.24, 2.45) is 0 Å². The van der Waals surface area contributed by atoms with Gasteiger partial charge in [-0.15, -0.1) is 0 Å². The first kappa shape index (κ1) is 17.4. The number of rotatable bonds is 8. The van der Waals surface area contributed by atoms with Crippen LogP contribution in [0.15, 0.2) is 78.9 Å². The molecule has 0 aliphatic carbocycles. The summed E-state index contributed by atoms with van der Waals surface area (Å²) in [6, 6.07) is 24.6. The van der Waals surface area contributed by atoms with E-state index in [1.807, 2.05) is 60.7 Å². The third-order valence-electron chi connectivity index (χ3n) is 3.83. The highest BCUT2D eigenvalue weighted by atomic mass is 16.5. The molecule has 1 N–H and O–H groups in total. The van der Waals surface area contributed by atoms with Crippen LogP contribution in [0, 0.1) is 5.41 Å². The lowest BCUT2D eigenvalue weighted by Crippen LogP contribution is -2.04. The minimum atomic E-state index is -0.371. The van der Waals surface area contributed by atoms with E-state index in [0.29, 0.717) is 30.3 Å². The maximum atomic E-state index is 11.8. The standard InChI is InChI=1S/C22H19NO3/c23-14-20(24)19-11-12-21(25-15-17-7-3-1-4-8-17)22(13-19)26-16-18-9-5-2-6-10-18/h1-14,23H,15-16H2. The van der Waals surface area contributed by atoms with Crippen molar-refractivity contribution in [3.8, 4) is 11.5 Å². The second kappa shape index (κ2) is 8.62. The first-order valence-electron chi connectivity index (χ1n) is 8.28. The highest BCUT2D eigenvalue weighted by molar-refractivity contribution is 6.34. The summed E-state index contributed by atoms with van der Waals surface area (Å²) >= 11 is 0. The van der Waals surface area contributed by atoms with Crippen LogP contribution in [-0.2, 0) is 13.2 Å². The molecule has 0 aromatic heterocycles. The lowest BCUT2D eigenvalue weighted by Gasteiger charge is -2.14. The maximum Gasteiger partial charge on any atom is 0.203 e. The zero-order valence-electron chi connectivity index (χ0n) is 14.2. The van der Waals surface area contributed by atoms with Crippen molar-refractivity contribution in [3.05, 3.63) is 95.6 Å². The van der Waals surface area contributed by atoms with E-state index in [9.17, 15) is 4.79 Å². The molecule has 4 nitrogen and oxygen atoms in total. The van der Waals surface area contributed by atoms with Gasteiger partial charge in [-0.05, 0) is 29.3 Å². The van der Waals surface area contributed by atoms with E-state index in [4.69, 9.17) is 14.9 Å². The van der Waals surface area contributed by atoms with Gasteiger partial charge in [0.1, 0.15) is 13.2 Å². The third kappa shape index (κ3) is 4.57. The highest BCUT2D eigenvalue weighted by Gasteiger charge is 2.11. The first-order chi connectivity index (χ1) is 12.8. The zero-order valence-corrected chi connectivity index (χ0v) is 14.2. The minimum absolute atomic E-state index is 0.366. The third-order valence-corrected chi connectivity index (χ3v) is 3.83. The van der Waals surface area contributed by atoms with Crippen LogP contribution < -0.4 is 9.47 Å². The van der Waals surface area contributed by atoms with Gasteiger partial charge in [0, 0.05) is 5.56 Å². The Bertz CT molecular complexity index is 876. The Morgan fingerprint density at radius 1 is 0.769 bits per heavy atom. The van der Waals surface area contributed by atoms with Crippen LogP contribution in [0.4, 0.5) is 0 Å². The molecule has 0 unspecified atom stereocenters. The van der Waals surface area contributed by atoms with Crippen LogP contribution in [0.5, 0.6) is 11.5 Å². The second-order valence-corrected chi connectivity index (χ2v) is 5.72. The van der Waals surface area contributed by atoms with Gasteiger partial charge in [0.2, 0.25) is 5.78 Å². The largest absolute Gasteiger partial charge is 0.485 e. The van der Waals surface area contributed by atoms with E-state index >= 15 is 0 Å². The van der Waals surface area contributed by atoms with Gasteiger partial charge in [-0.1, -0.05) is 60.7 Å². The Labute approximate surface area is 152 Å². The van der Waals surface area contributed by atoms with Crippen molar-refractivity contribution >= 4 is 12.0 Å². The summed E-state index contributed by atoms with van der Waals surface area (Å²) in [7, 11) is 0. The summed E-state index contributed by atoms with van der Waals surface area (Å²) in [5.41, 5.74) is 2.46. The normalized spacial score (nSPS) is 10.2. The summed E-state index contributed by atoms with van der Waals surface area (Å²) in [6.07, 6.45) is 0.792. The lowest BCUT2D eigenvalue weighted by atomic mass is 10.1. The van der Waals surface area contributed by atoms with Crippen LogP contribution in [0.1, 0.15) is 21.5 Å². The molecule has 130 valence electrons. The summed E-state index contributed by atoms with van der Waals surface area (Å²) in [5.74, 6) is 0.674. The predicted molar refractivity (Wildman–Crippen MR) is 101 cm³/mol. The molecule has 0 amide bonds. The van der Waals surface area contributed by atoms with E-state index < -0.39 is 0 Å². The van der Waals surface area contributed by atoms with Crippen molar-refractivity contribution in [3.63, 3.8) is 0 Å².